The quantitative estimate of drug-likeness (QED) is 0.622. The fourth-order valence-corrected chi connectivity index (χ4v) is 3.21. The van der Waals surface area contributed by atoms with Crippen molar-refractivity contribution in [3.05, 3.63) is 95.6 Å². The first-order valence-electron chi connectivity index (χ1n) is 9.61. The zero-order valence-corrected chi connectivity index (χ0v) is 16.0. The van der Waals surface area contributed by atoms with Crippen LogP contribution in [0.1, 0.15) is 23.1 Å². The number of rotatable bonds is 7. The molecule has 29 heavy (non-hydrogen) atoms. The molecular formula is C24H22N2O3. The Morgan fingerprint density at radius 1 is 0.828 bits per heavy atom. The summed E-state index contributed by atoms with van der Waals surface area (Å²) in [5.74, 6) is 1.06. The van der Waals surface area contributed by atoms with Crippen molar-refractivity contribution in [2.45, 2.75) is 19.4 Å². The minimum absolute atomic E-state index is 0.0946. The molecule has 1 aliphatic carbocycles. The highest BCUT2D eigenvalue weighted by Gasteiger charge is 2.17. The summed E-state index contributed by atoms with van der Waals surface area (Å²) in [6, 6.07) is 25.3. The number of ether oxygens (including phenoxy) is 2. The number of hydrogen-bond acceptors (Lipinski definition) is 4. The van der Waals surface area contributed by atoms with Crippen LogP contribution in [0.25, 0.3) is 0 Å². The van der Waals surface area contributed by atoms with Crippen molar-refractivity contribution < 1.29 is 14.3 Å². The van der Waals surface area contributed by atoms with Crippen LogP contribution in [-0.4, -0.2) is 18.2 Å². The highest BCUT2D eigenvalue weighted by Crippen LogP contribution is 2.22. The Labute approximate surface area is 170 Å². The van der Waals surface area contributed by atoms with Crippen molar-refractivity contribution in [2.75, 3.05) is 6.61 Å². The molecule has 0 bridgehead atoms. The maximum atomic E-state index is 12.0. The van der Waals surface area contributed by atoms with E-state index in [2.05, 4.69) is 16.6 Å². The Bertz CT molecular complexity index is 998. The number of benzene rings is 3. The van der Waals surface area contributed by atoms with Crippen molar-refractivity contribution in [1.29, 1.82) is 0 Å². The van der Waals surface area contributed by atoms with Gasteiger partial charge in [0.25, 0.3) is 5.91 Å². The van der Waals surface area contributed by atoms with Gasteiger partial charge in [-0.2, -0.15) is 5.10 Å². The highest BCUT2D eigenvalue weighted by molar-refractivity contribution is 6.04. The second-order valence-electron chi connectivity index (χ2n) is 6.78. The zero-order valence-electron chi connectivity index (χ0n) is 16.0. The summed E-state index contributed by atoms with van der Waals surface area (Å²) in [6.07, 6.45) is 1.80. The average molecular weight is 386 g/mol. The third-order valence-corrected chi connectivity index (χ3v) is 4.72. The van der Waals surface area contributed by atoms with E-state index < -0.39 is 0 Å². The average Bonchev–Trinajstić information content (AvgIpc) is 3.19. The number of aryl methyl sites for hydroxylation is 1. The molecule has 0 atom stereocenters. The molecule has 4 rings (SSSR count). The van der Waals surface area contributed by atoms with Crippen LogP contribution in [0.3, 0.4) is 0 Å². The van der Waals surface area contributed by atoms with Crippen molar-refractivity contribution in [2.24, 2.45) is 5.10 Å². The van der Waals surface area contributed by atoms with E-state index in [0.29, 0.717) is 12.4 Å². The number of carbonyl (C=O) groups is 1. The lowest BCUT2D eigenvalue weighted by Crippen LogP contribution is -2.25. The minimum Gasteiger partial charge on any atom is -0.489 e. The van der Waals surface area contributed by atoms with Gasteiger partial charge in [-0.1, -0.05) is 54.6 Å². The molecule has 0 unspecified atom stereocenters. The molecular weight excluding hydrogens is 364 g/mol. The smallest absolute Gasteiger partial charge is 0.277 e. The van der Waals surface area contributed by atoms with Gasteiger partial charge in [-0.15, -0.1) is 0 Å². The maximum absolute atomic E-state index is 12.0. The molecule has 0 radical (unpaired) electrons. The van der Waals surface area contributed by atoms with E-state index in [1.165, 1.54) is 5.56 Å². The first-order chi connectivity index (χ1) is 14.3. The Morgan fingerprint density at radius 2 is 1.52 bits per heavy atom. The second kappa shape index (κ2) is 9.06. The summed E-state index contributed by atoms with van der Waals surface area (Å²) in [7, 11) is 0. The van der Waals surface area contributed by atoms with E-state index in [-0.39, 0.29) is 12.5 Å². The van der Waals surface area contributed by atoms with Crippen LogP contribution in [0.15, 0.2) is 84.0 Å². The van der Waals surface area contributed by atoms with Gasteiger partial charge in [0.1, 0.15) is 18.1 Å². The topological polar surface area (TPSA) is 59.9 Å². The first kappa shape index (κ1) is 18.7. The van der Waals surface area contributed by atoms with E-state index >= 15 is 0 Å². The number of hydrazone groups is 1. The Kier molecular flexibility index (Phi) is 5.86. The van der Waals surface area contributed by atoms with Crippen LogP contribution in [0.2, 0.25) is 0 Å². The van der Waals surface area contributed by atoms with Crippen LogP contribution in [-0.2, 0) is 17.8 Å². The molecule has 3 aromatic rings. The molecule has 0 heterocycles. The SMILES string of the molecule is O=C(COc1ccc(OCc2ccccc2)cc1)NN=C1CCc2ccccc21. The third-order valence-electron chi connectivity index (χ3n) is 4.72. The number of nitrogens with zero attached hydrogens (tertiary/aromatic N) is 1. The van der Waals surface area contributed by atoms with Crippen molar-refractivity contribution >= 4 is 11.6 Å². The van der Waals surface area contributed by atoms with Crippen molar-refractivity contribution in [1.82, 2.24) is 5.43 Å². The Balaban J connectivity index is 1.24. The molecule has 1 aliphatic rings. The molecule has 0 aliphatic heterocycles. The minimum atomic E-state index is -0.286. The fourth-order valence-electron chi connectivity index (χ4n) is 3.21. The van der Waals surface area contributed by atoms with Gasteiger partial charge in [-0.3, -0.25) is 4.79 Å². The highest BCUT2D eigenvalue weighted by atomic mass is 16.5. The van der Waals surface area contributed by atoms with Gasteiger partial charge < -0.3 is 9.47 Å². The molecule has 5 heteroatoms. The lowest BCUT2D eigenvalue weighted by Gasteiger charge is -2.08. The molecule has 5 nitrogen and oxygen atoms in total. The summed E-state index contributed by atoms with van der Waals surface area (Å²) in [4.78, 5) is 12.0. The van der Waals surface area contributed by atoms with Gasteiger partial charge in [0.2, 0.25) is 0 Å². The summed E-state index contributed by atoms with van der Waals surface area (Å²) >= 11 is 0. The molecule has 1 amide bonds. The predicted octanol–water partition coefficient (Wildman–Crippen LogP) is 4.11. The van der Waals surface area contributed by atoms with Gasteiger partial charge in [-0.05, 0) is 48.2 Å². The van der Waals surface area contributed by atoms with E-state index in [1.807, 2.05) is 60.7 Å². The van der Waals surface area contributed by atoms with Crippen LogP contribution in [0, 0.1) is 0 Å². The van der Waals surface area contributed by atoms with Crippen LogP contribution in [0.5, 0.6) is 11.5 Å². The molecule has 3 aromatic carbocycles. The van der Waals surface area contributed by atoms with Crippen molar-refractivity contribution in [3.63, 3.8) is 0 Å². The Hall–Kier alpha value is -3.60. The van der Waals surface area contributed by atoms with E-state index in [1.54, 1.807) is 12.1 Å². The largest absolute Gasteiger partial charge is 0.489 e. The van der Waals surface area contributed by atoms with Gasteiger partial charge in [-0.25, -0.2) is 5.43 Å². The Morgan fingerprint density at radius 3 is 2.31 bits per heavy atom. The lowest BCUT2D eigenvalue weighted by molar-refractivity contribution is -0.123. The molecule has 0 saturated carbocycles. The van der Waals surface area contributed by atoms with Crippen LogP contribution >= 0.6 is 0 Å². The molecule has 0 aromatic heterocycles. The fraction of sp³-hybridized carbons (Fsp3) is 0.167. The van der Waals surface area contributed by atoms with E-state index in [4.69, 9.17) is 9.47 Å². The standard InChI is InChI=1S/C24H22N2O3/c27-24(26-25-23-15-10-19-8-4-5-9-22(19)23)17-29-21-13-11-20(12-14-21)28-16-18-6-2-1-3-7-18/h1-9,11-14H,10,15-17H2,(H,26,27). The lowest BCUT2D eigenvalue weighted by atomic mass is 10.1. The summed E-state index contributed by atoms with van der Waals surface area (Å²) in [6.45, 7) is 0.412. The van der Waals surface area contributed by atoms with Crippen LogP contribution < -0.4 is 14.9 Å². The number of hydrogen-bond donors (Lipinski definition) is 1. The molecule has 146 valence electrons. The number of amides is 1. The number of nitrogens with one attached hydrogen (secondary N) is 1. The molecule has 0 spiro atoms. The van der Waals surface area contributed by atoms with Crippen LogP contribution in [0.4, 0.5) is 0 Å². The van der Waals surface area contributed by atoms with E-state index in [9.17, 15) is 4.79 Å². The second-order valence-corrected chi connectivity index (χ2v) is 6.78. The summed E-state index contributed by atoms with van der Waals surface area (Å²) in [5.41, 5.74) is 6.98. The normalized spacial score (nSPS) is 13.7. The van der Waals surface area contributed by atoms with E-state index in [0.717, 1.165) is 35.4 Å². The van der Waals surface area contributed by atoms with Gasteiger partial charge >= 0.3 is 0 Å². The molecule has 0 saturated heterocycles. The number of carbonyl (C=O) groups excluding carboxylic acids is 1. The van der Waals surface area contributed by atoms with Gasteiger partial charge in [0, 0.05) is 5.56 Å². The third kappa shape index (κ3) is 5.02. The maximum Gasteiger partial charge on any atom is 0.277 e. The zero-order chi connectivity index (χ0) is 19.9. The summed E-state index contributed by atoms with van der Waals surface area (Å²) in [5, 5.41) is 4.26. The number of fused-ring (bicyclic) bond motifs is 1. The van der Waals surface area contributed by atoms with Gasteiger partial charge in [0.15, 0.2) is 6.61 Å². The molecule has 0 fully saturated rings. The molecule has 1 N–H and O–H groups in total. The summed E-state index contributed by atoms with van der Waals surface area (Å²) < 4.78 is 11.3. The van der Waals surface area contributed by atoms with Crippen molar-refractivity contribution in [3.8, 4) is 11.5 Å². The van der Waals surface area contributed by atoms with Gasteiger partial charge in [0.05, 0.1) is 5.71 Å². The first-order valence-corrected chi connectivity index (χ1v) is 9.61. The predicted molar refractivity (Wildman–Crippen MR) is 112 cm³/mol. The monoisotopic (exact) mass is 386 g/mol.